The van der Waals surface area contributed by atoms with Crippen LogP contribution in [0.5, 0.6) is 5.88 Å². The normalized spacial score (nSPS) is 15.5. The Morgan fingerprint density at radius 3 is 2.79 bits per heavy atom. The highest BCUT2D eigenvalue weighted by Gasteiger charge is 2.30. The van der Waals surface area contributed by atoms with Crippen LogP contribution >= 0.6 is 23.6 Å². The molecule has 0 fully saturated rings. The molecule has 1 N–H and O–H groups in total. The summed E-state index contributed by atoms with van der Waals surface area (Å²) in [6, 6.07) is 4.94. The van der Waals surface area contributed by atoms with Crippen molar-refractivity contribution in [3.8, 4) is 5.88 Å². The maximum atomic E-state index is 12.8. The molecule has 0 atom stereocenters. The summed E-state index contributed by atoms with van der Waals surface area (Å²) < 4.78 is 40.1. The number of alkyl halides is 3. The average molecular weight is 369 g/mol. The van der Waals surface area contributed by atoms with Crippen LogP contribution in [0, 0.1) is 3.95 Å². The number of halogens is 3. The smallest absolute Gasteiger partial charge is 0.416 e. The van der Waals surface area contributed by atoms with Gasteiger partial charge in [-0.3, -0.25) is 4.57 Å². The van der Waals surface area contributed by atoms with Crippen molar-refractivity contribution in [2.24, 2.45) is 10.2 Å². The van der Waals surface area contributed by atoms with E-state index in [1.165, 1.54) is 16.8 Å². The van der Waals surface area contributed by atoms with Gasteiger partial charge < -0.3 is 5.11 Å². The van der Waals surface area contributed by atoms with Crippen LogP contribution in [0.4, 0.5) is 13.2 Å². The number of aromatic nitrogens is 1. The van der Waals surface area contributed by atoms with Crippen LogP contribution in [-0.4, -0.2) is 9.67 Å². The van der Waals surface area contributed by atoms with Crippen molar-refractivity contribution in [3.05, 3.63) is 62.2 Å². The van der Waals surface area contributed by atoms with Gasteiger partial charge in [0.25, 0.3) is 0 Å². The highest BCUT2D eigenvalue weighted by atomic mass is 32.1. The topological polar surface area (TPSA) is 49.9 Å². The maximum absolute atomic E-state index is 12.8. The molecular weight excluding hydrogens is 359 g/mol. The first-order valence-corrected chi connectivity index (χ1v) is 7.95. The van der Waals surface area contributed by atoms with E-state index in [9.17, 15) is 18.3 Å². The Hall–Kier alpha value is -2.26. The van der Waals surface area contributed by atoms with Crippen LogP contribution in [0.1, 0.15) is 16.0 Å². The van der Waals surface area contributed by atoms with Crippen molar-refractivity contribution >= 4 is 29.6 Å². The van der Waals surface area contributed by atoms with Gasteiger partial charge in [0.1, 0.15) is 0 Å². The Bertz CT molecular complexity index is 909. The Morgan fingerprint density at radius 1 is 1.33 bits per heavy atom. The van der Waals surface area contributed by atoms with Crippen molar-refractivity contribution in [1.29, 1.82) is 0 Å². The fourth-order valence-electron chi connectivity index (χ4n) is 2.13. The van der Waals surface area contributed by atoms with Crippen molar-refractivity contribution < 1.29 is 18.3 Å². The highest BCUT2D eigenvalue weighted by Crippen LogP contribution is 2.32. The van der Waals surface area contributed by atoms with Gasteiger partial charge in [-0.15, -0.1) is 11.3 Å². The number of nitrogens with zero attached hydrogens (tertiary/aromatic N) is 3. The summed E-state index contributed by atoms with van der Waals surface area (Å²) in [5.74, 6) is -0.106. The molecule has 0 aliphatic carbocycles. The molecule has 24 heavy (non-hydrogen) atoms. The van der Waals surface area contributed by atoms with E-state index in [1.54, 1.807) is 18.2 Å². The van der Waals surface area contributed by atoms with E-state index in [2.05, 4.69) is 10.2 Å². The summed E-state index contributed by atoms with van der Waals surface area (Å²) >= 11 is 6.36. The highest BCUT2D eigenvalue weighted by molar-refractivity contribution is 7.73. The summed E-state index contributed by atoms with van der Waals surface area (Å²) in [5.41, 5.74) is 0.224. The number of hydrogen-bond donors (Lipinski definition) is 1. The molecule has 1 aromatic heterocycles. The van der Waals surface area contributed by atoms with Crippen LogP contribution in [-0.2, 0) is 12.7 Å². The number of aromatic hydroxyl groups is 1. The molecule has 4 nitrogen and oxygen atoms in total. The molecule has 1 aromatic carbocycles. The summed E-state index contributed by atoms with van der Waals surface area (Å²) in [4.78, 5) is 0.479. The van der Waals surface area contributed by atoms with Gasteiger partial charge in [-0.25, -0.2) is 0 Å². The van der Waals surface area contributed by atoms with Gasteiger partial charge in [-0.05, 0) is 42.1 Å². The average Bonchev–Trinajstić information content (AvgIpc) is 3.11. The van der Waals surface area contributed by atoms with E-state index in [1.807, 2.05) is 0 Å². The van der Waals surface area contributed by atoms with Crippen LogP contribution < -0.4 is 0 Å². The van der Waals surface area contributed by atoms with Gasteiger partial charge in [0.15, 0.2) is 3.95 Å². The summed E-state index contributed by atoms with van der Waals surface area (Å²) in [5, 5.41) is 17.8. The lowest BCUT2D eigenvalue weighted by atomic mass is 10.1. The second-order valence-corrected chi connectivity index (χ2v) is 6.62. The summed E-state index contributed by atoms with van der Waals surface area (Å²) in [6.07, 6.45) is 0.385. The van der Waals surface area contributed by atoms with Crippen LogP contribution in [0.3, 0.4) is 0 Å². The minimum Gasteiger partial charge on any atom is -0.493 e. The van der Waals surface area contributed by atoms with Gasteiger partial charge in [0, 0.05) is 0 Å². The number of allylic oxidation sites excluding steroid dienone is 1. The predicted octanol–water partition coefficient (Wildman–Crippen LogP) is 5.37. The monoisotopic (exact) mass is 369 g/mol. The molecule has 0 radical (unpaired) electrons. The molecule has 2 heterocycles. The van der Waals surface area contributed by atoms with E-state index in [0.717, 1.165) is 23.5 Å². The number of hydrogen-bond acceptors (Lipinski definition) is 5. The Balaban J connectivity index is 1.93. The lowest BCUT2D eigenvalue weighted by molar-refractivity contribution is -0.137. The van der Waals surface area contributed by atoms with Gasteiger partial charge in [0.2, 0.25) is 5.88 Å². The van der Waals surface area contributed by atoms with Gasteiger partial charge in [-0.2, -0.15) is 23.4 Å². The summed E-state index contributed by atoms with van der Waals surface area (Å²) in [7, 11) is 0. The molecular formula is C15H10F3N3OS2. The molecule has 0 spiro atoms. The SMILES string of the molecule is Oc1c(C=C2C=CN=N2)sc(=S)n1Cc1cccc(C(F)(F)F)c1. The van der Waals surface area contributed by atoms with E-state index in [4.69, 9.17) is 12.2 Å². The molecule has 0 saturated heterocycles. The van der Waals surface area contributed by atoms with E-state index in [0.29, 0.717) is 20.1 Å². The predicted molar refractivity (Wildman–Crippen MR) is 87.3 cm³/mol. The van der Waals surface area contributed by atoms with Crippen LogP contribution in [0.2, 0.25) is 0 Å². The van der Waals surface area contributed by atoms with E-state index >= 15 is 0 Å². The molecule has 0 unspecified atom stereocenters. The third kappa shape index (κ3) is 3.46. The molecule has 1 aliphatic rings. The molecule has 3 rings (SSSR count). The van der Waals surface area contributed by atoms with E-state index in [-0.39, 0.29) is 12.4 Å². The fourth-order valence-corrected chi connectivity index (χ4v) is 3.38. The largest absolute Gasteiger partial charge is 0.493 e. The molecule has 0 bridgehead atoms. The lowest BCUT2D eigenvalue weighted by Crippen LogP contribution is -2.06. The minimum atomic E-state index is -4.41. The molecule has 0 saturated carbocycles. The number of benzene rings is 1. The first kappa shape index (κ1) is 16.6. The molecule has 2 aromatic rings. The number of azo groups is 1. The van der Waals surface area contributed by atoms with Crippen LogP contribution in [0.25, 0.3) is 6.08 Å². The quantitative estimate of drug-likeness (QED) is 0.739. The Morgan fingerprint density at radius 2 is 2.12 bits per heavy atom. The minimum absolute atomic E-state index is 0.0472. The zero-order chi connectivity index (χ0) is 17.3. The fraction of sp³-hybridized carbons (Fsp3) is 0.133. The summed E-state index contributed by atoms with van der Waals surface area (Å²) in [6.45, 7) is 0.0472. The lowest BCUT2D eigenvalue weighted by Gasteiger charge is -2.10. The van der Waals surface area contributed by atoms with E-state index < -0.39 is 11.7 Å². The maximum Gasteiger partial charge on any atom is 0.416 e. The van der Waals surface area contributed by atoms with Gasteiger partial charge in [-0.1, -0.05) is 12.1 Å². The van der Waals surface area contributed by atoms with Gasteiger partial charge in [0.05, 0.1) is 28.9 Å². The molecule has 1 aliphatic heterocycles. The standard InChI is InChI=1S/C15H10F3N3OS2/c16-15(17,18)10-3-1-2-9(6-10)8-21-13(22)12(24-14(21)23)7-11-4-5-19-20-11/h1-7,22H,8H2. The molecule has 124 valence electrons. The second kappa shape index (κ2) is 6.33. The van der Waals surface area contributed by atoms with Crippen molar-refractivity contribution in [1.82, 2.24) is 4.57 Å². The van der Waals surface area contributed by atoms with Gasteiger partial charge >= 0.3 is 6.18 Å². The van der Waals surface area contributed by atoms with Crippen molar-refractivity contribution in [3.63, 3.8) is 0 Å². The number of rotatable bonds is 3. The number of thiazole rings is 1. The first-order valence-electron chi connectivity index (χ1n) is 6.72. The zero-order valence-electron chi connectivity index (χ0n) is 12.0. The van der Waals surface area contributed by atoms with Crippen LogP contribution in [0.15, 0.2) is 52.5 Å². The second-order valence-electron chi connectivity index (χ2n) is 4.94. The van der Waals surface area contributed by atoms with Crippen molar-refractivity contribution in [2.75, 3.05) is 0 Å². The third-order valence-corrected chi connectivity index (χ3v) is 4.64. The third-order valence-electron chi connectivity index (χ3n) is 3.25. The zero-order valence-corrected chi connectivity index (χ0v) is 13.6. The Kier molecular flexibility index (Phi) is 4.37. The molecule has 9 heteroatoms. The Labute approximate surface area is 143 Å². The molecule has 0 amide bonds. The first-order chi connectivity index (χ1) is 11.3. The van der Waals surface area contributed by atoms with Crippen molar-refractivity contribution in [2.45, 2.75) is 12.7 Å².